The standard InChI is InChI=1S/C5H9NO4S/c1-11(8,9)10-4-2-3-6-5(4)7/h4H,2-3H2,1H3,(H,6,7). The lowest BCUT2D eigenvalue weighted by atomic mass is 10.3. The molecule has 1 saturated heterocycles. The molecule has 0 bridgehead atoms. The van der Waals surface area contributed by atoms with Crippen LogP contribution in [0.5, 0.6) is 0 Å². The van der Waals surface area contributed by atoms with Crippen molar-refractivity contribution < 1.29 is 17.4 Å². The highest BCUT2D eigenvalue weighted by molar-refractivity contribution is 7.86. The first-order valence-corrected chi connectivity index (χ1v) is 4.97. The summed E-state index contributed by atoms with van der Waals surface area (Å²) in [5.41, 5.74) is 0. The fourth-order valence-corrected chi connectivity index (χ4v) is 1.48. The monoisotopic (exact) mass is 179 g/mol. The Labute approximate surface area is 64.9 Å². The maximum Gasteiger partial charge on any atom is 0.265 e. The quantitative estimate of drug-likeness (QED) is 0.543. The minimum Gasteiger partial charge on any atom is -0.354 e. The molecule has 1 amide bonds. The third kappa shape index (κ3) is 2.47. The van der Waals surface area contributed by atoms with E-state index in [4.69, 9.17) is 0 Å². The summed E-state index contributed by atoms with van der Waals surface area (Å²) in [6, 6.07) is 0. The second-order valence-electron chi connectivity index (χ2n) is 2.37. The largest absolute Gasteiger partial charge is 0.354 e. The molecule has 1 N–H and O–H groups in total. The number of rotatable bonds is 2. The molecule has 1 fully saturated rings. The van der Waals surface area contributed by atoms with Crippen molar-refractivity contribution >= 4 is 16.0 Å². The minimum atomic E-state index is -3.50. The van der Waals surface area contributed by atoms with Gasteiger partial charge in [0.2, 0.25) is 0 Å². The van der Waals surface area contributed by atoms with Gasteiger partial charge in [0.1, 0.15) is 0 Å². The molecule has 5 nitrogen and oxygen atoms in total. The van der Waals surface area contributed by atoms with E-state index in [1.165, 1.54) is 0 Å². The Kier molecular flexibility index (Phi) is 2.15. The first-order chi connectivity index (χ1) is 4.99. The summed E-state index contributed by atoms with van der Waals surface area (Å²) < 4.78 is 25.5. The molecule has 1 unspecified atom stereocenters. The topological polar surface area (TPSA) is 72.5 Å². The van der Waals surface area contributed by atoms with Crippen LogP contribution in [0, 0.1) is 0 Å². The van der Waals surface area contributed by atoms with E-state index in [9.17, 15) is 13.2 Å². The van der Waals surface area contributed by atoms with Crippen molar-refractivity contribution in [2.45, 2.75) is 12.5 Å². The molecule has 0 spiro atoms. The second kappa shape index (κ2) is 2.78. The average molecular weight is 179 g/mol. The summed E-state index contributed by atoms with van der Waals surface area (Å²) >= 11 is 0. The van der Waals surface area contributed by atoms with Gasteiger partial charge < -0.3 is 5.32 Å². The fourth-order valence-electron chi connectivity index (χ4n) is 0.874. The van der Waals surface area contributed by atoms with Gasteiger partial charge in [-0.1, -0.05) is 0 Å². The lowest BCUT2D eigenvalue weighted by Crippen LogP contribution is -2.27. The highest BCUT2D eigenvalue weighted by atomic mass is 32.2. The van der Waals surface area contributed by atoms with Crippen molar-refractivity contribution in [3.63, 3.8) is 0 Å². The Balaban J connectivity index is 2.57. The normalized spacial score (nSPS) is 25.2. The zero-order valence-electron chi connectivity index (χ0n) is 6.03. The van der Waals surface area contributed by atoms with Crippen LogP contribution in [0.4, 0.5) is 0 Å². The highest BCUT2D eigenvalue weighted by Gasteiger charge is 2.28. The molecule has 0 aromatic heterocycles. The second-order valence-corrected chi connectivity index (χ2v) is 3.97. The van der Waals surface area contributed by atoms with Gasteiger partial charge in [-0.25, -0.2) is 0 Å². The van der Waals surface area contributed by atoms with E-state index in [-0.39, 0.29) is 5.91 Å². The summed E-state index contributed by atoms with van der Waals surface area (Å²) in [6.07, 6.45) is 0.537. The average Bonchev–Trinajstić information content (AvgIpc) is 2.12. The van der Waals surface area contributed by atoms with Crippen LogP contribution in [-0.4, -0.2) is 33.2 Å². The van der Waals surface area contributed by atoms with Crippen LogP contribution < -0.4 is 5.32 Å². The summed E-state index contributed by atoms with van der Waals surface area (Å²) in [6.45, 7) is 0.485. The number of carbonyl (C=O) groups is 1. The molecule has 1 aliphatic rings. The number of amides is 1. The maximum absolute atomic E-state index is 10.8. The molecule has 1 atom stereocenters. The van der Waals surface area contributed by atoms with Crippen LogP contribution >= 0.6 is 0 Å². The molecule has 0 radical (unpaired) electrons. The fraction of sp³-hybridized carbons (Fsp3) is 0.800. The molecular formula is C5H9NO4S. The Morgan fingerprint density at radius 2 is 2.27 bits per heavy atom. The lowest BCUT2D eigenvalue weighted by Gasteiger charge is -2.04. The van der Waals surface area contributed by atoms with E-state index < -0.39 is 16.2 Å². The van der Waals surface area contributed by atoms with Gasteiger partial charge in [-0.3, -0.25) is 8.98 Å². The summed E-state index contributed by atoms with van der Waals surface area (Å²) in [5.74, 6) is -0.351. The van der Waals surface area contributed by atoms with Gasteiger partial charge >= 0.3 is 0 Å². The minimum absolute atomic E-state index is 0.351. The van der Waals surface area contributed by atoms with Crippen LogP contribution in [0.15, 0.2) is 0 Å². The number of hydrogen-bond donors (Lipinski definition) is 1. The van der Waals surface area contributed by atoms with E-state index in [1.807, 2.05) is 0 Å². The maximum atomic E-state index is 10.8. The van der Waals surface area contributed by atoms with Gasteiger partial charge in [0, 0.05) is 13.0 Å². The molecule has 0 saturated carbocycles. The smallest absolute Gasteiger partial charge is 0.265 e. The van der Waals surface area contributed by atoms with Crippen LogP contribution in [0.2, 0.25) is 0 Å². The molecule has 64 valence electrons. The van der Waals surface area contributed by atoms with Crippen molar-refractivity contribution in [3.8, 4) is 0 Å². The molecule has 0 aromatic carbocycles. The van der Waals surface area contributed by atoms with Gasteiger partial charge in [0.05, 0.1) is 6.26 Å². The van der Waals surface area contributed by atoms with Crippen molar-refractivity contribution in [2.24, 2.45) is 0 Å². The van der Waals surface area contributed by atoms with Crippen LogP contribution in [0.1, 0.15) is 6.42 Å². The van der Waals surface area contributed by atoms with E-state index >= 15 is 0 Å². The number of hydrogen-bond acceptors (Lipinski definition) is 4. The Bertz CT molecular complexity index is 258. The Hall–Kier alpha value is -0.620. The van der Waals surface area contributed by atoms with Gasteiger partial charge in [0.15, 0.2) is 6.10 Å². The van der Waals surface area contributed by atoms with E-state index in [0.717, 1.165) is 6.26 Å². The van der Waals surface area contributed by atoms with Crippen LogP contribution in [0.25, 0.3) is 0 Å². The molecular weight excluding hydrogens is 170 g/mol. The Morgan fingerprint density at radius 3 is 2.64 bits per heavy atom. The molecule has 1 rings (SSSR count). The van der Waals surface area contributed by atoms with Crippen LogP contribution in [-0.2, 0) is 19.1 Å². The zero-order valence-corrected chi connectivity index (χ0v) is 6.85. The van der Waals surface area contributed by atoms with E-state index in [0.29, 0.717) is 13.0 Å². The predicted molar refractivity (Wildman–Crippen MR) is 37.3 cm³/mol. The van der Waals surface area contributed by atoms with Crippen molar-refractivity contribution in [1.82, 2.24) is 5.32 Å². The summed E-state index contributed by atoms with van der Waals surface area (Å²) in [5, 5.41) is 2.46. The van der Waals surface area contributed by atoms with Crippen molar-refractivity contribution in [1.29, 1.82) is 0 Å². The van der Waals surface area contributed by atoms with Gasteiger partial charge in [-0.2, -0.15) is 8.42 Å². The van der Waals surface area contributed by atoms with Crippen molar-refractivity contribution in [2.75, 3.05) is 12.8 Å². The number of nitrogens with one attached hydrogen (secondary N) is 1. The summed E-state index contributed by atoms with van der Waals surface area (Å²) in [7, 11) is -3.50. The third-order valence-corrected chi connectivity index (χ3v) is 1.87. The zero-order chi connectivity index (χ0) is 8.48. The van der Waals surface area contributed by atoms with E-state index in [1.54, 1.807) is 0 Å². The molecule has 6 heteroatoms. The lowest BCUT2D eigenvalue weighted by molar-refractivity contribution is -0.124. The molecule has 0 aliphatic carbocycles. The van der Waals surface area contributed by atoms with Crippen molar-refractivity contribution in [3.05, 3.63) is 0 Å². The predicted octanol–water partition coefficient (Wildman–Crippen LogP) is -1.15. The van der Waals surface area contributed by atoms with Gasteiger partial charge in [0.25, 0.3) is 16.0 Å². The third-order valence-electron chi connectivity index (χ3n) is 1.29. The van der Waals surface area contributed by atoms with Crippen LogP contribution in [0.3, 0.4) is 0 Å². The SMILES string of the molecule is CS(=O)(=O)OC1CCNC1=O. The molecule has 1 aliphatic heterocycles. The Morgan fingerprint density at radius 1 is 1.64 bits per heavy atom. The molecule has 1 heterocycles. The molecule has 0 aromatic rings. The highest BCUT2D eigenvalue weighted by Crippen LogP contribution is 2.07. The van der Waals surface area contributed by atoms with Gasteiger partial charge in [-0.05, 0) is 0 Å². The van der Waals surface area contributed by atoms with Gasteiger partial charge in [-0.15, -0.1) is 0 Å². The van der Waals surface area contributed by atoms with E-state index in [2.05, 4.69) is 9.50 Å². The first-order valence-electron chi connectivity index (χ1n) is 3.15. The number of carbonyl (C=O) groups excluding carboxylic acids is 1. The molecule has 11 heavy (non-hydrogen) atoms. The first kappa shape index (κ1) is 8.48. The summed E-state index contributed by atoms with van der Waals surface area (Å²) in [4.78, 5) is 10.8.